The molecule has 8 nitrogen and oxygen atoms in total. The molecule has 1 amide bonds. The van der Waals surface area contributed by atoms with Gasteiger partial charge < -0.3 is 8.98 Å². The molecule has 27 heavy (non-hydrogen) atoms. The van der Waals surface area contributed by atoms with Gasteiger partial charge in [0.15, 0.2) is 5.76 Å². The highest BCUT2D eigenvalue weighted by atomic mass is 16.6. The molecule has 3 aromatic rings. The van der Waals surface area contributed by atoms with E-state index < -0.39 is 10.8 Å². The van der Waals surface area contributed by atoms with Gasteiger partial charge in [-0.1, -0.05) is 0 Å². The number of hydrazone groups is 1. The van der Waals surface area contributed by atoms with Gasteiger partial charge in [-0.3, -0.25) is 14.9 Å². The largest absolute Gasteiger partial charge is 0.451 e. The van der Waals surface area contributed by atoms with Gasteiger partial charge in [-0.2, -0.15) is 5.10 Å². The number of fused-ring (bicyclic) bond motifs is 1. The minimum Gasteiger partial charge on any atom is -0.451 e. The van der Waals surface area contributed by atoms with Gasteiger partial charge in [0.25, 0.3) is 5.69 Å². The fourth-order valence-corrected chi connectivity index (χ4v) is 3.20. The first kappa shape index (κ1) is 18.4. The third kappa shape index (κ3) is 3.59. The number of non-ortho nitro benzene ring substituents is 1. The quantitative estimate of drug-likeness (QED) is 0.416. The second-order valence-electron chi connectivity index (χ2n) is 6.58. The van der Waals surface area contributed by atoms with E-state index in [9.17, 15) is 14.9 Å². The van der Waals surface area contributed by atoms with Crippen LogP contribution in [0.3, 0.4) is 0 Å². The lowest BCUT2D eigenvalue weighted by atomic mass is 10.2. The van der Waals surface area contributed by atoms with Crippen molar-refractivity contribution < 1.29 is 14.1 Å². The summed E-state index contributed by atoms with van der Waals surface area (Å²) in [6, 6.07) is 7.95. The number of hydrogen-bond acceptors (Lipinski definition) is 5. The number of rotatable bonds is 5. The molecule has 0 spiro atoms. The smallest absolute Gasteiger partial charge is 0.307 e. The molecule has 0 radical (unpaired) electrons. The molecule has 2 heterocycles. The minimum atomic E-state index is -0.525. The number of benzene rings is 1. The predicted octanol–water partition coefficient (Wildman–Crippen LogP) is 4.10. The number of aromatic nitrogens is 1. The van der Waals surface area contributed by atoms with E-state index in [-0.39, 0.29) is 11.4 Å². The number of carbonyl (C=O) groups excluding carboxylic acids is 1. The summed E-state index contributed by atoms with van der Waals surface area (Å²) in [5, 5.41) is 15.3. The number of nitrogens with one attached hydrogen (secondary N) is 1. The number of amides is 1. The van der Waals surface area contributed by atoms with Gasteiger partial charge in [0.05, 0.1) is 11.1 Å². The fraction of sp³-hybridized carbons (Fsp3) is 0.263. The van der Waals surface area contributed by atoms with Crippen molar-refractivity contribution in [1.82, 2.24) is 9.99 Å². The van der Waals surface area contributed by atoms with Crippen molar-refractivity contribution in [2.24, 2.45) is 5.10 Å². The van der Waals surface area contributed by atoms with Crippen molar-refractivity contribution in [2.75, 3.05) is 0 Å². The maximum atomic E-state index is 12.2. The molecule has 0 saturated carbocycles. The summed E-state index contributed by atoms with van der Waals surface area (Å²) in [4.78, 5) is 22.6. The fourth-order valence-electron chi connectivity index (χ4n) is 3.20. The summed E-state index contributed by atoms with van der Waals surface area (Å²) in [5.41, 5.74) is 5.87. The van der Waals surface area contributed by atoms with Crippen molar-refractivity contribution >= 4 is 28.8 Å². The van der Waals surface area contributed by atoms with Crippen LogP contribution in [0.25, 0.3) is 11.0 Å². The summed E-state index contributed by atoms with van der Waals surface area (Å²) in [6.45, 7) is 8.24. The Hall–Kier alpha value is -3.42. The SMILES string of the molecule is Cc1cc(/C=N\NC(=O)c2cc3cc([N+](=O)[O-])ccc3o2)c(C)n1C(C)C. The highest BCUT2D eigenvalue weighted by molar-refractivity contribution is 5.97. The molecule has 0 fully saturated rings. The summed E-state index contributed by atoms with van der Waals surface area (Å²) < 4.78 is 7.62. The van der Waals surface area contributed by atoms with Crippen LogP contribution in [0.1, 0.15) is 47.4 Å². The number of nitro groups is 1. The molecule has 1 N–H and O–H groups in total. The molecule has 0 aliphatic rings. The Bertz CT molecular complexity index is 1060. The van der Waals surface area contributed by atoms with E-state index in [0.717, 1.165) is 17.0 Å². The molecule has 8 heteroatoms. The second kappa shape index (κ2) is 7.06. The maximum Gasteiger partial charge on any atom is 0.307 e. The first-order chi connectivity index (χ1) is 12.8. The second-order valence-corrected chi connectivity index (χ2v) is 6.58. The van der Waals surface area contributed by atoms with Gasteiger partial charge in [-0.25, -0.2) is 5.43 Å². The van der Waals surface area contributed by atoms with Crippen LogP contribution >= 0.6 is 0 Å². The Balaban J connectivity index is 1.76. The number of furan rings is 1. The standard InChI is InChI=1S/C19H20N4O4/c1-11(2)22-12(3)7-15(13(22)4)10-20-21-19(24)18-9-14-8-16(23(25)26)5-6-17(14)27-18/h5-11H,1-4H3,(H,21,24)/b20-10-. The number of nitrogens with zero attached hydrogens (tertiary/aromatic N) is 3. The van der Waals surface area contributed by atoms with E-state index in [0.29, 0.717) is 17.0 Å². The summed E-state index contributed by atoms with van der Waals surface area (Å²) >= 11 is 0. The Morgan fingerprint density at radius 2 is 2.04 bits per heavy atom. The van der Waals surface area contributed by atoms with Crippen molar-refractivity contribution in [3.05, 3.63) is 63.2 Å². The van der Waals surface area contributed by atoms with E-state index in [2.05, 4.69) is 28.9 Å². The third-order valence-corrected chi connectivity index (χ3v) is 4.34. The Morgan fingerprint density at radius 3 is 2.67 bits per heavy atom. The summed E-state index contributed by atoms with van der Waals surface area (Å²) in [5.74, 6) is -0.488. The summed E-state index contributed by atoms with van der Waals surface area (Å²) in [6.07, 6.45) is 1.59. The first-order valence-electron chi connectivity index (χ1n) is 8.47. The lowest BCUT2D eigenvalue weighted by molar-refractivity contribution is -0.384. The number of nitro benzene ring substituents is 1. The summed E-state index contributed by atoms with van der Waals surface area (Å²) in [7, 11) is 0. The maximum absolute atomic E-state index is 12.2. The molecule has 1 aromatic carbocycles. The number of carbonyl (C=O) groups is 1. The van der Waals surface area contributed by atoms with Crippen molar-refractivity contribution in [2.45, 2.75) is 33.7 Å². The zero-order valence-electron chi connectivity index (χ0n) is 15.5. The Kier molecular flexibility index (Phi) is 4.81. The van der Waals surface area contributed by atoms with Crippen LogP contribution in [0.5, 0.6) is 0 Å². The van der Waals surface area contributed by atoms with Crippen molar-refractivity contribution in [1.29, 1.82) is 0 Å². The number of hydrogen-bond donors (Lipinski definition) is 1. The van der Waals surface area contributed by atoms with Crippen LogP contribution in [-0.4, -0.2) is 21.6 Å². The van der Waals surface area contributed by atoms with Crippen LogP contribution in [0.15, 0.2) is 39.9 Å². The lowest BCUT2D eigenvalue weighted by Crippen LogP contribution is -2.16. The molecule has 2 aromatic heterocycles. The molecule has 140 valence electrons. The van der Waals surface area contributed by atoms with Crippen molar-refractivity contribution in [3.63, 3.8) is 0 Å². The normalized spacial score (nSPS) is 11.6. The molecule has 3 rings (SSSR count). The first-order valence-corrected chi connectivity index (χ1v) is 8.47. The monoisotopic (exact) mass is 368 g/mol. The van der Waals surface area contributed by atoms with Gasteiger partial charge in [-0.15, -0.1) is 0 Å². The zero-order chi connectivity index (χ0) is 19.7. The molecule has 0 atom stereocenters. The van der Waals surface area contributed by atoms with E-state index >= 15 is 0 Å². The molecule has 0 saturated heterocycles. The van der Waals surface area contributed by atoms with Crippen LogP contribution in [-0.2, 0) is 0 Å². The number of aryl methyl sites for hydroxylation is 1. The van der Waals surface area contributed by atoms with Gasteiger partial charge in [0, 0.05) is 40.5 Å². The van der Waals surface area contributed by atoms with E-state index in [4.69, 9.17) is 4.42 Å². The zero-order valence-corrected chi connectivity index (χ0v) is 15.5. The molecular weight excluding hydrogens is 348 g/mol. The Morgan fingerprint density at radius 1 is 1.30 bits per heavy atom. The highest BCUT2D eigenvalue weighted by Crippen LogP contribution is 2.24. The topological polar surface area (TPSA) is 103 Å². The average Bonchev–Trinajstić information content (AvgIpc) is 3.14. The average molecular weight is 368 g/mol. The predicted molar refractivity (Wildman–Crippen MR) is 102 cm³/mol. The van der Waals surface area contributed by atoms with Gasteiger partial charge >= 0.3 is 5.91 Å². The molecule has 0 bridgehead atoms. The van der Waals surface area contributed by atoms with E-state index in [1.165, 1.54) is 24.3 Å². The van der Waals surface area contributed by atoms with Crippen molar-refractivity contribution in [3.8, 4) is 0 Å². The Labute approximate surface area is 155 Å². The van der Waals surface area contributed by atoms with Gasteiger partial charge in [0.1, 0.15) is 5.58 Å². The van der Waals surface area contributed by atoms with Crippen LogP contribution in [0.2, 0.25) is 0 Å². The van der Waals surface area contributed by atoms with Gasteiger partial charge in [-0.05, 0) is 45.9 Å². The third-order valence-electron chi connectivity index (χ3n) is 4.34. The highest BCUT2D eigenvalue weighted by Gasteiger charge is 2.15. The van der Waals surface area contributed by atoms with E-state index in [1.54, 1.807) is 6.21 Å². The lowest BCUT2D eigenvalue weighted by Gasteiger charge is -2.13. The van der Waals surface area contributed by atoms with Crippen LogP contribution in [0.4, 0.5) is 5.69 Å². The molecule has 0 aliphatic heterocycles. The molecule has 0 unspecified atom stereocenters. The molecular formula is C19H20N4O4. The van der Waals surface area contributed by atoms with Gasteiger partial charge in [0.2, 0.25) is 0 Å². The van der Waals surface area contributed by atoms with E-state index in [1.807, 2.05) is 19.9 Å². The van der Waals surface area contributed by atoms with Crippen LogP contribution in [0, 0.1) is 24.0 Å². The van der Waals surface area contributed by atoms with Crippen LogP contribution < -0.4 is 5.43 Å². The minimum absolute atomic E-state index is 0.0373. The molecule has 0 aliphatic carbocycles.